The van der Waals surface area contributed by atoms with Gasteiger partial charge in [-0.05, 0) is 24.5 Å². The Kier molecular flexibility index (Phi) is 8.95. The summed E-state index contributed by atoms with van der Waals surface area (Å²) >= 11 is 0. The lowest BCUT2D eigenvalue weighted by molar-refractivity contribution is -0.176. The van der Waals surface area contributed by atoms with E-state index in [9.17, 15) is 18.0 Å². The number of amides is 1. The Morgan fingerprint density at radius 1 is 1.27 bits per heavy atom. The monoisotopic (exact) mass is 428 g/mol. The maximum Gasteiger partial charge on any atom is 0.411 e. The predicted octanol–water partition coefficient (Wildman–Crippen LogP) is 3.08. The van der Waals surface area contributed by atoms with E-state index in [0.717, 1.165) is 18.5 Å². The van der Waals surface area contributed by atoms with Crippen LogP contribution in [0.3, 0.4) is 0 Å². The number of likely N-dealkylation sites (tertiary alicyclic amines) is 1. The van der Waals surface area contributed by atoms with Crippen molar-refractivity contribution < 1.29 is 22.7 Å². The van der Waals surface area contributed by atoms with Crippen molar-refractivity contribution in [2.75, 3.05) is 26.2 Å². The molecule has 0 aliphatic carbocycles. The fraction of sp³-hybridized carbons (Fsp3) is 0.619. The number of carbonyl (C=O) groups excluding carboxylic acids is 1. The number of benzene rings is 1. The normalized spacial score (nSPS) is 17.5. The van der Waals surface area contributed by atoms with Crippen LogP contribution in [0.4, 0.5) is 13.2 Å². The molecule has 1 aliphatic rings. The first kappa shape index (κ1) is 24.0. The highest BCUT2D eigenvalue weighted by molar-refractivity contribution is 5.81. The molecule has 0 spiro atoms. The summed E-state index contributed by atoms with van der Waals surface area (Å²) in [6, 6.07) is 7.30. The summed E-state index contributed by atoms with van der Waals surface area (Å²) in [6.07, 6.45) is -3.45. The second-order valence-electron chi connectivity index (χ2n) is 7.69. The molecule has 6 nitrogen and oxygen atoms in total. The van der Waals surface area contributed by atoms with Crippen molar-refractivity contribution in [2.24, 2.45) is 10.9 Å². The van der Waals surface area contributed by atoms with Crippen LogP contribution in [0.25, 0.3) is 0 Å². The van der Waals surface area contributed by atoms with E-state index < -0.39 is 12.8 Å². The Morgan fingerprint density at radius 2 is 1.93 bits per heavy atom. The van der Waals surface area contributed by atoms with Gasteiger partial charge >= 0.3 is 6.18 Å². The molecule has 0 radical (unpaired) electrons. The van der Waals surface area contributed by atoms with Crippen LogP contribution in [0.15, 0.2) is 29.3 Å². The molecule has 1 unspecified atom stereocenters. The van der Waals surface area contributed by atoms with Crippen molar-refractivity contribution in [2.45, 2.75) is 52.6 Å². The Bertz CT molecular complexity index is 705. The van der Waals surface area contributed by atoms with E-state index in [-0.39, 0.29) is 24.5 Å². The quantitative estimate of drug-likeness (QED) is 0.493. The molecule has 1 aliphatic heterocycles. The van der Waals surface area contributed by atoms with Crippen LogP contribution in [-0.4, -0.2) is 55.2 Å². The van der Waals surface area contributed by atoms with Crippen molar-refractivity contribution in [3.8, 4) is 0 Å². The van der Waals surface area contributed by atoms with Crippen molar-refractivity contribution >= 4 is 11.9 Å². The number of aliphatic imine (C=N–C) groups is 1. The first-order valence-electron chi connectivity index (χ1n) is 10.2. The first-order valence-corrected chi connectivity index (χ1v) is 10.2. The molecule has 1 amide bonds. The van der Waals surface area contributed by atoms with Gasteiger partial charge in [-0.1, -0.05) is 38.1 Å². The van der Waals surface area contributed by atoms with Gasteiger partial charge < -0.3 is 20.3 Å². The zero-order valence-corrected chi connectivity index (χ0v) is 17.8. The number of rotatable bonds is 8. The van der Waals surface area contributed by atoms with Gasteiger partial charge in [-0.25, -0.2) is 4.99 Å². The van der Waals surface area contributed by atoms with Gasteiger partial charge in [0.05, 0.1) is 13.2 Å². The van der Waals surface area contributed by atoms with Crippen molar-refractivity contribution in [1.82, 2.24) is 15.5 Å². The van der Waals surface area contributed by atoms with Gasteiger partial charge in [0.2, 0.25) is 5.91 Å². The zero-order chi connectivity index (χ0) is 22.1. The molecule has 168 valence electrons. The van der Waals surface area contributed by atoms with Gasteiger partial charge in [-0.15, -0.1) is 0 Å². The van der Waals surface area contributed by atoms with Crippen LogP contribution in [0.5, 0.6) is 0 Å². The standard InChI is InChI=1S/C21H31F3N4O2/c1-4-25-20(27-18-9-10-28(12-18)19(29)15(2)3)26-11-16-5-7-17(8-6-16)13-30-14-21(22,23)24/h5-8,15,18H,4,9-14H2,1-3H3,(H2,25,26,27). The lowest BCUT2D eigenvalue weighted by atomic mass is 10.1. The average Bonchev–Trinajstić information content (AvgIpc) is 3.14. The lowest BCUT2D eigenvalue weighted by Gasteiger charge is -2.20. The summed E-state index contributed by atoms with van der Waals surface area (Å²) in [6.45, 7) is 7.00. The minimum Gasteiger partial charge on any atom is -0.367 e. The Balaban J connectivity index is 1.86. The molecule has 1 heterocycles. The van der Waals surface area contributed by atoms with E-state index in [4.69, 9.17) is 0 Å². The van der Waals surface area contributed by atoms with Crippen molar-refractivity contribution in [3.05, 3.63) is 35.4 Å². The molecule has 1 saturated heterocycles. The number of nitrogens with one attached hydrogen (secondary N) is 2. The smallest absolute Gasteiger partial charge is 0.367 e. The number of carbonyl (C=O) groups is 1. The first-order chi connectivity index (χ1) is 14.2. The van der Waals surface area contributed by atoms with Crippen molar-refractivity contribution in [3.63, 3.8) is 0 Å². The maximum absolute atomic E-state index is 12.1. The number of hydrogen-bond acceptors (Lipinski definition) is 3. The molecule has 0 saturated carbocycles. The number of hydrogen-bond donors (Lipinski definition) is 2. The highest BCUT2D eigenvalue weighted by Gasteiger charge is 2.28. The molecule has 2 rings (SSSR count). The van der Waals surface area contributed by atoms with Crippen LogP contribution in [0.1, 0.15) is 38.3 Å². The molecule has 1 atom stereocenters. The van der Waals surface area contributed by atoms with Gasteiger partial charge in [0.1, 0.15) is 6.61 Å². The summed E-state index contributed by atoms with van der Waals surface area (Å²) in [7, 11) is 0. The summed E-state index contributed by atoms with van der Waals surface area (Å²) in [5, 5.41) is 6.59. The number of guanidine groups is 1. The number of alkyl halides is 3. The summed E-state index contributed by atoms with van der Waals surface area (Å²) < 4.78 is 41.1. The molecule has 1 aromatic rings. The average molecular weight is 428 g/mol. The van der Waals surface area contributed by atoms with E-state index in [2.05, 4.69) is 20.4 Å². The third-order valence-electron chi connectivity index (χ3n) is 4.66. The molecule has 9 heteroatoms. The molecular weight excluding hydrogens is 397 g/mol. The lowest BCUT2D eigenvalue weighted by Crippen LogP contribution is -2.45. The minimum atomic E-state index is -4.32. The second-order valence-corrected chi connectivity index (χ2v) is 7.69. The Hall–Kier alpha value is -2.29. The maximum atomic E-state index is 12.1. The van der Waals surface area contributed by atoms with E-state index in [0.29, 0.717) is 31.2 Å². The highest BCUT2D eigenvalue weighted by Crippen LogP contribution is 2.16. The van der Waals surface area contributed by atoms with E-state index in [1.54, 1.807) is 12.1 Å². The zero-order valence-electron chi connectivity index (χ0n) is 17.8. The molecule has 0 aromatic heterocycles. The summed E-state index contributed by atoms with van der Waals surface area (Å²) in [5.74, 6) is 0.840. The third-order valence-corrected chi connectivity index (χ3v) is 4.66. The van der Waals surface area contributed by atoms with Crippen LogP contribution in [0.2, 0.25) is 0 Å². The number of nitrogens with zero attached hydrogens (tertiary/aromatic N) is 2. The van der Waals surface area contributed by atoms with E-state index in [1.807, 2.05) is 37.8 Å². The van der Waals surface area contributed by atoms with Gasteiger partial charge in [0, 0.05) is 31.6 Å². The van der Waals surface area contributed by atoms with Gasteiger partial charge in [0.25, 0.3) is 0 Å². The molecule has 30 heavy (non-hydrogen) atoms. The summed E-state index contributed by atoms with van der Waals surface area (Å²) in [4.78, 5) is 18.6. The van der Waals surface area contributed by atoms with Crippen LogP contribution >= 0.6 is 0 Å². The van der Waals surface area contributed by atoms with Gasteiger partial charge in [-0.2, -0.15) is 13.2 Å². The molecule has 1 aromatic carbocycles. The number of halogens is 3. The Labute approximate surface area is 175 Å². The topological polar surface area (TPSA) is 66.0 Å². The fourth-order valence-electron chi connectivity index (χ4n) is 3.15. The van der Waals surface area contributed by atoms with E-state index in [1.165, 1.54) is 0 Å². The largest absolute Gasteiger partial charge is 0.411 e. The molecule has 2 N–H and O–H groups in total. The second kappa shape index (κ2) is 11.2. The molecule has 0 bridgehead atoms. The van der Waals surface area contributed by atoms with Gasteiger partial charge in [0.15, 0.2) is 5.96 Å². The molecule has 1 fully saturated rings. The van der Waals surface area contributed by atoms with Crippen LogP contribution in [-0.2, 0) is 22.7 Å². The predicted molar refractivity (Wildman–Crippen MR) is 110 cm³/mol. The Morgan fingerprint density at radius 3 is 2.53 bits per heavy atom. The number of ether oxygens (including phenoxy) is 1. The van der Waals surface area contributed by atoms with E-state index >= 15 is 0 Å². The molecular formula is C21H31F3N4O2. The minimum absolute atomic E-state index is 0.00696. The van der Waals surface area contributed by atoms with Crippen molar-refractivity contribution in [1.29, 1.82) is 0 Å². The van der Waals surface area contributed by atoms with Crippen LogP contribution < -0.4 is 10.6 Å². The fourth-order valence-corrected chi connectivity index (χ4v) is 3.15. The van der Waals surface area contributed by atoms with Gasteiger partial charge in [-0.3, -0.25) is 4.79 Å². The van der Waals surface area contributed by atoms with Crippen LogP contribution in [0, 0.1) is 5.92 Å². The SMILES string of the molecule is CCNC(=NCc1ccc(COCC(F)(F)F)cc1)NC1CCN(C(=O)C(C)C)C1. The third kappa shape index (κ3) is 8.22. The summed E-state index contributed by atoms with van der Waals surface area (Å²) in [5.41, 5.74) is 1.62. The highest BCUT2D eigenvalue weighted by atomic mass is 19.4.